The molecule has 0 fully saturated rings. The zero-order chi connectivity index (χ0) is 16.0. The van der Waals surface area contributed by atoms with Crippen molar-refractivity contribution in [2.24, 2.45) is 0 Å². The number of nitrogens with zero attached hydrogens (tertiary/aromatic N) is 2. The SMILES string of the molecule is O=c1c2ccc(Cl)cc2nc2n1CCC2=Cc1ccccc1Cl. The van der Waals surface area contributed by atoms with Gasteiger partial charge < -0.3 is 0 Å². The van der Waals surface area contributed by atoms with E-state index < -0.39 is 0 Å². The third-order valence-corrected chi connectivity index (χ3v) is 4.62. The van der Waals surface area contributed by atoms with Crippen LogP contribution >= 0.6 is 23.2 Å². The van der Waals surface area contributed by atoms with Gasteiger partial charge >= 0.3 is 0 Å². The van der Waals surface area contributed by atoms with Gasteiger partial charge in [0.25, 0.3) is 5.56 Å². The molecule has 1 aliphatic heterocycles. The van der Waals surface area contributed by atoms with Gasteiger partial charge in [-0.25, -0.2) is 4.98 Å². The molecule has 1 aliphatic rings. The number of aromatic nitrogens is 2. The van der Waals surface area contributed by atoms with Crippen molar-refractivity contribution in [2.45, 2.75) is 13.0 Å². The van der Waals surface area contributed by atoms with Crippen molar-refractivity contribution < 1.29 is 0 Å². The van der Waals surface area contributed by atoms with E-state index in [-0.39, 0.29) is 5.56 Å². The van der Waals surface area contributed by atoms with Crippen LogP contribution in [-0.2, 0) is 6.54 Å². The number of hydrogen-bond acceptors (Lipinski definition) is 2. The Kier molecular flexibility index (Phi) is 3.47. The van der Waals surface area contributed by atoms with Gasteiger partial charge in [0.15, 0.2) is 0 Å². The second-order valence-corrected chi connectivity index (χ2v) is 6.34. The Bertz CT molecular complexity index is 1020. The van der Waals surface area contributed by atoms with Crippen molar-refractivity contribution in [3.05, 3.63) is 74.3 Å². The fourth-order valence-corrected chi connectivity index (χ4v) is 3.26. The van der Waals surface area contributed by atoms with Gasteiger partial charge in [-0.3, -0.25) is 9.36 Å². The average Bonchev–Trinajstić information content (AvgIpc) is 2.93. The van der Waals surface area contributed by atoms with Crippen molar-refractivity contribution in [3.63, 3.8) is 0 Å². The second-order valence-electron chi connectivity index (χ2n) is 5.49. The lowest BCUT2D eigenvalue weighted by Crippen LogP contribution is -2.20. The van der Waals surface area contributed by atoms with E-state index in [1.165, 1.54) is 0 Å². The van der Waals surface area contributed by atoms with Crippen molar-refractivity contribution in [1.29, 1.82) is 0 Å². The largest absolute Gasteiger partial charge is 0.292 e. The van der Waals surface area contributed by atoms with Gasteiger partial charge in [0.05, 0.1) is 10.9 Å². The third kappa shape index (κ3) is 2.46. The van der Waals surface area contributed by atoms with E-state index in [0.29, 0.717) is 33.3 Å². The van der Waals surface area contributed by atoms with Gasteiger partial charge in [-0.2, -0.15) is 0 Å². The van der Waals surface area contributed by atoms with Crippen LogP contribution in [0.15, 0.2) is 47.3 Å². The maximum atomic E-state index is 12.6. The third-order valence-electron chi connectivity index (χ3n) is 4.04. The molecule has 23 heavy (non-hydrogen) atoms. The molecule has 0 radical (unpaired) electrons. The van der Waals surface area contributed by atoms with Crippen molar-refractivity contribution in [3.8, 4) is 0 Å². The van der Waals surface area contributed by atoms with Gasteiger partial charge in [0.1, 0.15) is 5.82 Å². The fourth-order valence-electron chi connectivity index (χ4n) is 2.91. The molecule has 3 aromatic rings. The van der Waals surface area contributed by atoms with E-state index in [1.807, 2.05) is 30.3 Å². The Labute approximate surface area is 142 Å². The molecule has 0 amide bonds. The summed E-state index contributed by atoms with van der Waals surface area (Å²) in [4.78, 5) is 17.3. The van der Waals surface area contributed by atoms with Crippen LogP contribution in [0.25, 0.3) is 22.6 Å². The van der Waals surface area contributed by atoms with Gasteiger partial charge in [0, 0.05) is 16.6 Å². The maximum absolute atomic E-state index is 12.6. The predicted octanol–water partition coefficient (Wildman–Crippen LogP) is 4.65. The fraction of sp³-hybridized carbons (Fsp3) is 0.111. The summed E-state index contributed by atoms with van der Waals surface area (Å²) in [6.45, 7) is 0.635. The van der Waals surface area contributed by atoms with Crippen molar-refractivity contribution in [2.75, 3.05) is 0 Å². The molecular weight excluding hydrogens is 331 g/mol. The lowest BCUT2D eigenvalue weighted by molar-refractivity contribution is 0.725. The molecule has 4 rings (SSSR count). The summed E-state index contributed by atoms with van der Waals surface area (Å²) >= 11 is 12.3. The minimum absolute atomic E-state index is 0.0239. The molecule has 0 unspecified atom stereocenters. The first-order chi connectivity index (χ1) is 11.1. The molecule has 3 nitrogen and oxygen atoms in total. The number of fused-ring (bicyclic) bond motifs is 2. The molecule has 0 bridgehead atoms. The highest BCUT2D eigenvalue weighted by atomic mass is 35.5. The summed E-state index contributed by atoms with van der Waals surface area (Å²) in [6.07, 6.45) is 2.77. The smallest absolute Gasteiger partial charge is 0.261 e. The number of allylic oxidation sites excluding steroid dienone is 1. The molecule has 0 saturated carbocycles. The first-order valence-electron chi connectivity index (χ1n) is 7.29. The molecule has 0 N–H and O–H groups in total. The number of hydrogen-bond donors (Lipinski definition) is 0. The zero-order valence-electron chi connectivity index (χ0n) is 12.1. The maximum Gasteiger partial charge on any atom is 0.261 e. The molecule has 0 saturated heterocycles. The van der Waals surface area contributed by atoms with E-state index in [4.69, 9.17) is 23.2 Å². The monoisotopic (exact) mass is 342 g/mol. The lowest BCUT2D eigenvalue weighted by Gasteiger charge is -2.06. The summed E-state index contributed by atoms with van der Waals surface area (Å²) < 4.78 is 1.72. The summed E-state index contributed by atoms with van der Waals surface area (Å²) in [5.74, 6) is 0.699. The Morgan fingerprint density at radius 1 is 1.13 bits per heavy atom. The topological polar surface area (TPSA) is 34.9 Å². The van der Waals surface area contributed by atoms with Crippen LogP contribution in [0.4, 0.5) is 0 Å². The Hall–Kier alpha value is -2.10. The van der Waals surface area contributed by atoms with E-state index >= 15 is 0 Å². The summed E-state index contributed by atoms with van der Waals surface area (Å²) in [7, 11) is 0. The van der Waals surface area contributed by atoms with Crippen LogP contribution in [0.2, 0.25) is 10.0 Å². The van der Waals surface area contributed by atoms with Crippen molar-refractivity contribution >= 4 is 45.8 Å². The van der Waals surface area contributed by atoms with Crippen LogP contribution in [0.5, 0.6) is 0 Å². The van der Waals surface area contributed by atoms with Crippen molar-refractivity contribution in [1.82, 2.24) is 9.55 Å². The Morgan fingerprint density at radius 2 is 1.96 bits per heavy atom. The van der Waals surface area contributed by atoms with E-state index in [0.717, 1.165) is 17.6 Å². The van der Waals surface area contributed by atoms with Crippen LogP contribution < -0.4 is 5.56 Å². The zero-order valence-corrected chi connectivity index (χ0v) is 13.6. The number of rotatable bonds is 1. The molecule has 0 atom stereocenters. The van der Waals surface area contributed by atoms with Gasteiger partial charge in [-0.1, -0.05) is 41.4 Å². The highest BCUT2D eigenvalue weighted by Crippen LogP contribution is 2.29. The average molecular weight is 343 g/mol. The van der Waals surface area contributed by atoms with Gasteiger partial charge in [0.2, 0.25) is 0 Å². The molecule has 1 aromatic heterocycles. The predicted molar refractivity (Wildman–Crippen MR) is 95.0 cm³/mol. The standard InChI is InChI=1S/C18H12Cl2N2O/c19-13-5-6-14-16(10-13)21-17-12(7-8-22(17)18(14)23)9-11-3-1-2-4-15(11)20/h1-6,9-10H,7-8H2. The molecule has 5 heteroatoms. The van der Waals surface area contributed by atoms with E-state index in [9.17, 15) is 4.79 Å². The Morgan fingerprint density at radius 3 is 2.78 bits per heavy atom. The highest BCUT2D eigenvalue weighted by molar-refractivity contribution is 6.32. The van der Waals surface area contributed by atoms with Crippen LogP contribution in [-0.4, -0.2) is 9.55 Å². The molecule has 2 aromatic carbocycles. The van der Waals surface area contributed by atoms with Crippen LogP contribution in [0.3, 0.4) is 0 Å². The lowest BCUT2D eigenvalue weighted by atomic mass is 10.1. The molecule has 2 heterocycles. The summed E-state index contributed by atoms with van der Waals surface area (Å²) in [5.41, 5.74) is 2.54. The summed E-state index contributed by atoms with van der Waals surface area (Å²) in [5, 5.41) is 1.85. The van der Waals surface area contributed by atoms with Crippen LogP contribution in [0.1, 0.15) is 17.8 Å². The minimum Gasteiger partial charge on any atom is -0.292 e. The second kappa shape index (κ2) is 5.52. The van der Waals surface area contributed by atoms with Gasteiger partial charge in [-0.05, 0) is 47.9 Å². The quantitative estimate of drug-likeness (QED) is 0.645. The Balaban J connectivity index is 1.93. The highest BCUT2D eigenvalue weighted by Gasteiger charge is 2.21. The molecule has 0 aliphatic carbocycles. The first-order valence-corrected chi connectivity index (χ1v) is 8.04. The van der Waals surface area contributed by atoms with Crippen LogP contribution in [0, 0.1) is 0 Å². The molecule has 114 valence electrons. The number of halogens is 2. The first kappa shape index (κ1) is 14.5. The normalized spacial score (nSPS) is 15.3. The molecular formula is C18H12Cl2N2O. The van der Waals surface area contributed by atoms with E-state index in [1.54, 1.807) is 22.8 Å². The number of benzene rings is 2. The van der Waals surface area contributed by atoms with Gasteiger partial charge in [-0.15, -0.1) is 0 Å². The van der Waals surface area contributed by atoms with E-state index in [2.05, 4.69) is 4.98 Å². The summed E-state index contributed by atoms with van der Waals surface area (Å²) in [6, 6.07) is 12.8. The molecule has 0 spiro atoms. The minimum atomic E-state index is -0.0239.